The van der Waals surface area contributed by atoms with Crippen LogP contribution in [-0.4, -0.2) is 9.97 Å². The normalized spacial score (nSPS) is 11.4. The molecule has 0 bridgehead atoms. The SMILES string of the molecule is Nc1cccc(F)c1Oc1nccc(C(F)(F)F)n1. The Balaban J connectivity index is 2.34. The fraction of sp³-hybridized carbons (Fsp3) is 0.0909. The minimum absolute atomic E-state index is 0.0685. The number of hydrogen-bond acceptors (Lipinski definition) is 4. The first-order valence-corrected chi connectivity index (χ1v) is 5.00. The molecule has 1 aromatic heterocycles. The molecule has 2 N–H and O–H groups in total. The molecule has 19 heavy (non-hydrogen) atoms. The molecule has 1 heterocycles. The van der Waals surface area contributed by atoms with Gasteiger partial charge in [0, 0.05) is 6.20 Å². The van der Waals surface area contributed by atoms with Crippen molar-refractivity contribution >= 4 is 5.69 Å². The van der Waals surface area contributed by atoms with Crippen molar-refractivity contribution in [2.45, 2.75) is 6.18 Å². The number of anilines is 1. The number of benzene rings is 1. The molecule has 0 aliphatic rings. The van der Waals surface area contributed by atoms with Crippen LogP contribution < -0.4 is 10.5 Å². The zero-order chi connectivity index (χ0) is 14.0. The molecule has 4 nitrogen and oxygen atoms in total. The van der Waals surface area contributed by atoms with E-state index in [1.807, 2.05) is 0 Å². The summed E-state index contributed by atoms with van der Waals surface area (Å²) in [5.41, 5.74) is 4.19. The van der Waals surface area contributed by atoms with Gasteiger partial charge in [0.1, 0.15) is 0 Å². The Kier molecular flexibility index (Phi) is 3.24. The second kappa shape index (κ2) is 4.71. The lowest BCUT2D eigenvalue weighted by molar-refractivity contribution is -0.141. The number of nitrogen functional groups attached to an aromatic ring is 1. The summed E-state index contributed by atoms with van der Waals surface area (Å²) in [6.07, 6.45) is -3.77. The topological polar surface area (TPSA) is 61.0 Å². The summed E-state index contributed by atoms with van der Waals surface area (Å²) in [6.45, 7) is 0. The molecule has 1 aromatic carbocycles. The van der Waals surface area contributed by atoms with E-state index in [1.54, 1.807) is 0 Å². The molecule has 0 atom stereocenters. The second-order valence-electron chi connectivity index (χ2n) is 3.48. The van der Waals surface area contributed by atoms with Crippen molar-refractivity contribution in [3.8, 4) is 11.8 Å². The van der Waals surface area contributed by atoms with E-state index in [4.69, 9.17) is 10.5 Å². The third kappa shape index (κ3) is 2.90. The largest absolute Gasteiger partial charge is 0.433 e. The Morgan fingerprint density at radius 1 is 1.16 bits per heavy atom. The van der Waals surface area contributed by atoms with Crippen LogP contribution in [-0.2, 0) is 6.18 Å². The van der Waals surface area contributed by atoms with Crippen molar-refractivity contribution in [1.29, 1.82) is 0 Å². The third-order valence-corrected chi connectivity index (χ3v) is 2.11. The summed E-state index contributed by atoms with van der Waals surface area (Å²) >= 11 is 0. The van der Waals surface area contributed by atoms with Gasteiger partial charge in [0.15, 0.2) is 17.3 Å². The second-order valence-corrected chi connectivity index (χ2v) is 3.48. The summed E-state index contributed by atoms with van der Waals surface area (Å²) in [5.74, 6) is -1.23. The Bertz CT molecular complexity index is 580. The lowest BCUT2D eigenvalue weighted by Crippen LogP contribution is -2.09. The van der Waals surface area contributed by atoms with Crippen molar-refractivity contribution in [3.63, 3.8) is 0 Å². The highest BCUT2D eigenvalue weighted by atomic mass is 19.4. The van der Waals surface area contributed by atoms with Crippen LogP contribution in [0, 0.1) is 5.82 Å². The van der Waals surface area contributed by atoms with Crippen molar-refractivity contribution in [1.82, 2.24) is 9.97 Å². The van der Waals surface area contributed by atoms with Gasteiger partial charge in [0.25, 0.3) is 0 Å². The first kappa shape index (κ1) is 13.1. The molecule has 0 radical (unpaired) electrons. The number of alkyl halides is 3. The van der Waals surface area contributed by atoms with Crippen LogP contribution in [0.2, 0.25) is 0 Å². The van der Waals surface area contributed by atoms with E-state index in [0.29, 0.717) is 6.07 Å². The van der Waals surface area contributed by atoms with Gasteiger partial charge in [0.2, 0.25) is 0 Å². The van der Waals surface area contributed by atoms with E-state index in [2.05, 4.69) is 9.97 Å². The molecule has 0 fully saturated rings. The molecule has 100 valence electrons. The Hall–Kier alpha value is -2.38. The molecule has 2 rings (SSSR count). The van der Waals surface area contributed by atoms with Gasteiger partial charge in [-0.2, -0.15) is 18.2 Å². The lowest BCUT2D eigenvalue weighted by atomic mass is 10.3. The molecule has 0 spiro atoms. The molecule has 2 aromatic rings. The molecule has 0 saturated heterocycles. The van der Waals surface area contributed by atoms with Crippen molar-refractivity contribution < 1.29 is 22.3 Å². The number of halogens is 4. The van der Waals surface area contributed by atoms with Crippen LogP contribution in [0.4, 0.5) is 23.2 Å². The fourth-order valence-electron chi connectivity index (χ4n) is 1.27. The molecule has 0 aliphatic carbocycles. The fourth-order valence-corrected chi connectivity index (χ4v) is 1.27. The average Bonchev–Trinajstić information content (AvgIpc) is 2.33. The zero-order valence-corrected chi connectivity index (χ0v) is 9.28. The smallest absolute Gasteiger partial charge is 0.419 e. The molecular formula is C11H7F4N3O. The maximum atomic E-state index is 13.4. The summed E-state index contributed by atoms with van der Waals surface area (Å²) in [5, 5.41) is 0. The van der Waals surface area contributed by atoms with E-state index < -0.39 is 29.4 Å². The third-order valence-electron chi connectivity index (χ3n) is 2.11. The van der Waals surface area contributed by atoms with Crippen LogP contribution in [0.25, 0.3) is 0 Å². The highest BCUT2D eigenvalue weighted by Gasteiger charge is 2.33. The Morgan fingerprint density at radius 3 is 2.53 bits per heavy atom. The number of hydrogen-bond donors (Lipinski definition) is 1. The minimum Gasteiger partial charge on any atom is -0.419 e. The Morgan fingerprint density at radius 2 is 1.89 bits per heavy atom. The standard InChI is InChI=1S/C11H7F4N3O/c12-6-2-1-3-7(16)9(6)19-10-17-5-4-8(18-10)11(13,14)15/h1-5H,16H2. The predicted molar refractivity (Wildman–Crippen MR) is 57.9 cm³/mol. The van der Waals surface area contributed by atoms with Gasteiger partial charge in [-0.3, -0.25) is 0 Å². The summed E-state index contributed by atoms with van der Waals surface area (Å²) in [4.78, 5) is 6.62. The molecule has 0 saturated carbocycles. The Labute approximate surface area is 104 Å². The minimum atomic E-state index is -4.64. The van der Waals surface area contributed by atoms with Crippen molar-refractivity contribution in [2.75, 3.05) is 5.73 Å². The molecule has 8 heteroatoms. The van der Waals surface area contributed by atoms with Gasteiger partial charge in [-0.1, -0.05) is 6.07 Å². The molecular weight excluding hydrogens is 266 g/mol. The van der Waals surface area contributed by atoms with Gasteiger partial charge in [-0.25, -0.2) is 9.37 Å². The zero-order valence-electron chi connectivity index (χ0n) is 9.28. The summed E-state index contributed by atoms with van der Waals surface area (Å²) in [7, 11) is 0. The first-order chi connectivity index (χ1) is 8.88. The highest BCUT2D eigenvalue weighted by Crippen LogP contribution is 2.31. The van der Waals surface area contributed by atoms with E-state index in [9.17, 15) is 17.6 Å². The van der Waals surface area contributed by atoms with Crippen molar-refractivity contribution in [2.24, 2.45) is 0 Å². The monoisotopic (exact) mass is 273 g/mol. The number of aromatic nitrogens is 2. The van der Waals surface area contributed by atoms with Gasteiger partial charge in [0.05, 0.1) is 5.69 Å². The predicted octanol–water partition coefficient (Wildman–Crippen LogP) is 3.01. The van der Waals surface area contributed by atoms with Gasteiger partial charge in [-0.15, -0.1) is 0 Å². The summed E-state index contributed by atoms with van der Waals surface area (Å²) < 4.78 is 55.5. The molecule has 0 aliphatic heterocycles. The van der Waals surface area contributed by atoms with E-state index in [0.717, 1.165) is 12.3 Å². The molecule has 0 amide bonds. The quantitative estimate of drug-likeness (QED) is 0.675. The van der Waals surface area contributed by atoms with Crippen LogP contribution in [0.5, 0.6) is 11.8 Å². The van der Waals surface area contributed by atoms with E-state index in [1.165, 1.54) is 12.1 Å². The van der Waals surface area contributed by atoms with Gasteiger partial charge < -0.3 is 10.5 Å². The van der Waals surface area contributed by atoms with Crippen molar-refractivity contribution in [3.05, 3.63) is 42.0 Å². The summed E-state index contributed by atoms with van der Waals surface area (Å²) in [6, 6.07) is 3.78. The highest BCUT2D eigenvalue weighted by molar-refractivity contribution is 5.53. The van der Waals surface area contributed by atoms with Crippen LogP contribution in [0.3, 0.4) is 0 Å². The number of nitrogens with two attached hydrogens (primary N) is 1. The van der Waals surface area contributed by atoms with Gasteiger partial charge >= 0.3 is 12.2 Å². The maximum absolute atomic E-state index is 13.4. The number of para-hydroxylation sites is 1. The van der Waals surface area contributed by atoms with E-state index >= 15 is 0 Å². The van der Waals surface area contributed by atoms with Crippen LogP contribution >= 0.6 is 0 Å². The number of rotatable bonds is 2. The van der Waals surface area contributed by atoms with E-state index in [-0.39, 0.29) is 5.69 Å². The van der Waals surface area contributed by atoms with Gasteiger partial charge in [-0.05, 0) is 18.2 Å². The first-order valence-electron chi connectivity index (χ1n) is 5.00. The van der Waals surface area contributed by atoms with Crippen LogP contribution in [0.15, 0.2) is 30.5 Å². The number of ether oxygens (including phenoxy) is 1. The number of nitrogens with zero attached hydrogens (tertiary/aromatic N) is 2. The van der Waals surface area contributed by atoms with Crippen LogP contribution in [0.1, 0.15) is 5.69 Å². The lowest BCUT2D eigenvalue weighted by Gasteiger charge is -2.09. The average molecular weight is 273 g/mol. The molecule has 0 unspecified atom stereocenters. The maximum Gasteiger partial charge on any atom is 0.433 e.